The molecule has 0 aliphatic rings. The predicted octanol–water partition coefficient (Wildman–Crippen LogP) is 3.08. The highest BCUT2D eigenvalue weighted by molar-refractivity contribution is 9.10. The molecule has 0 aliphatic heterocycles. The van der Waals surface area contributed by atoms with Gasteiger partial charge in [0.1, 0.15) is 0 Å². The van der Waals surface area contributed by atoms with Crippen LogP contribution in [-0.4, -0.2) is 19.0 Å². The van der Waals surface area contributed by atoms with Crippen molar-refractivity contribution in [1.29, 1.82) is 0 Å². The molecule has 0 saturated carbocycles. The van der Waals surface area contributed by atoms with E-state index in [4.69, 9.17) is 0 Å². The molecule has 1 unspecified atom stereocenters. The van der Waals surface area contributed by atoms with Crippen molar-refractivity contribution >= 4 is 33.2 Å². The molecule has 0 aromatic carbocycles. The maximum atomic E-state index is 11.4. The molecule has 0 radical (unpaired) electrons. The van der Waals surface area contributed by atoms with Gasteiger partial charge in [-0.1, -0.05) is 6.92 Å². The molecule has 3 nitrogen and oxygen atoms in total. The highest BCUT2D eigenvalue weighted by Crippen LogP contribution is 2.28. The molecule has 2 N–H and O–H groups in total. The van der Waals surface area contributed by atoms with Crippen LogP contribution in [0.3, 0.4) is 0 Å². The number of halogens is 1. The lowest BCUT2D eigenvalue weighted by Crippen LogP contribution is -2.29. The molecule has 1 aromatic heterocycles. The van der Waals surface area contributed by atoms with Crippen LogP contribution in [-0.2, 0) is 4.79 Å². The zero-order chi connectivity index (χ0) is 12.7. The fraction of sp³-hybridized carbons (Fsp3) is 0.583. The molecule has 1 heterocycles. The van der Waals surface area contributed by atoms with Crippen molar-refractivity contribution in [2.75, 3.05) is 13.1 Å². The first-order valence-electron chi connectivity index (χ1n) is 5.88. The Morgan fingerprint density at radius 2 is 2.29 bits per heavy atom. The number of thiophene rings is 1. The predicted molar refractivity (Wildman–Crippen MR) is 76.4 cm³/mol. The van der Waals surface area contributed by atoms with E-state index in [9.17, 15) is 4.79 Å². The minimum Gasteiger partial charge on any atom is -0.356 e. The van der Waals surface area contributed by atoms with Crippen molar-refractivity contribution in [3.05, 3.63) is 20.8 Å². The highest BCUT2D eigenvalue weighted by atomic mass is 79.9. The Balaban J connectivity index is 2.23. The Kier molecular flexibility index (Phi) is 6.77. The summed E-state index contributed by atoms with van der Waals surface area (Å²) in [4.78, 5) is 12.7. The van der Waals surface area contributed by atoms with Crippen molar-refractivity contribution in [3.8, 4) is 0 Å². The Morgan fingerprint density at radius 3 is 2.88 bits per heavy atom. The third-order valence-electron chi connectivity index (χ3n) is 2.41. The number of carbonyl (C=O) groups excluding carboxylic acids is 1. The van der Waals surface area contributed by atoms with Gasteiger partial charge in [0, 0.05) is 34.9 Å². The van der Waals surface area contributed by atoms with E-state index in [2.05, 4.69) is 45.8 Å². The fourth-order valence-corrected chi connectivity index (χ4v) is 3.21. The largest absolute Gasteiger partial charge is 0.356 e. The van der Waals surface area contributed by atoms with E-state index >= 15 is 0 Å². The molecule has 0 saturated heterocycles. The van der Waals surface area contributed by atoms with Gasteiger partial charge in [-0.2, -0.15) is 0 Å². The second kappa shape index (κ2) is 7.84. The quantitative estimate of drug-likeness (QED) is 0.811. The lowest BCUT2D eigenvalue weighted by atomic mass is 10.2. The van der Waals surface area contributed by atoms with Gasteiger partial charge in [0.15, 0.2) is 0 Å². The van der Waals surface area contributed by atoms with Crippen LogP contribution in [0.1, 0.15) is 37.6 Å². The molecular weight excluding hydrogens is 300 g/mol. The summed E-state index contributed by atoms with van der Waals surface area (Å²) in [5.41, 5.74) is 0. The second-order valence-corrected chi connectivity index (χ2v) is 5.71. The second-order valence-electron chi connectivity index (χ2n) is 3.91. The fourth-order valence-electron chi connectivity index (χ4n) is 1.46. The summed E-state index contributed by atoms with van der Waals surface area (Å²) in [5, 5.41) is 8.28. The first-order valence-corrected chi connectivity index (χ1v) is 7.55. The number of rotatable bonds is 7. The third-order valence-corrected chi connectivity index (χ3v) is 4.47. The van der Waals surface area contributed by atoms with Crippen LogP contribution in [0.25, 0.3) is 0 Å². The molecule has 1 aromatic rings. The molecule has 1 rings (SSSR count). The molecule has 1 amide bonds. The minimum absolute atomic E-state index is 0.122. The summed E-state index contributed by atoms with van der Waals surface area (Å²) in [5.74, 6) is 0.122. The first-order chi connectivity index (χ1) is 8.15. The molecule has 1 atom stereocenters. The zero-order valence-electron chi connectivity index (χ0n) is 10.3. The van der Waals surface area contributed by atoms with Gasteiger partial charge < -0.3 is 10.6 Å². The summed E-state index contributed by atoms with van der Waals surface area (Å²) >= 11 is 5.23. The van der Waals surface area contributed by atoms with Gasteiger partial charge in [-0.25, -0.2) is 0 Å². The van der Waals surface area contributed by atoms with Gasteiger partial charge in [0.25, 0.3) is 0 Å². The lowest BCUT2D eigenvalue weighted by molar-refractivity contribution is -0.121. The van der Waals surface area contributed by atoms with E-state index in [0.29, 0.717) is 13.0 Å². The average Bonchev–Trinajstić information content (AvgIpc) is 2.72. The van der Waals surface area contributed by atoms with Crippen LogP contribution < -0.4 is 10.6 Å². The van der Waals surface area contributed by atoms with E-state index in [1.807, 2.05) is 6.07 Å². The molecular formula is C12H19BrN2OS. The maximum absolute atomic E-state index is 11.4. The van der Waals surface area contributed by atoms with Crippen LogP contribution in [0, 0.1) is 0 Å². The van der Waals surface area contributed by atoms with E-state index in [1.54, 1.807) is 11.3 Å². The van der Waals surface area contributed by atoms with Crippen LogP contribution >= 0.6 is 27.3 Å². The van der Waals surface area contributed by atoms with Gasteiger partial charge in [-0.3, -0.25) is 4.79 Å². The standard InChI is InChI=1S/C12H19BrN2OS/c1-3-6-15-11(16)4-7-14-9(2)12-10(13)5-8-17-12/h5,8-9,14H,3-4,6-7H2,1-2H3,(H,15,16). The van der Waals surface area contributed by atoms with Crippen molar-refractivity contribution in [3.63, 3.8) is 0 Å². The monoisotopic (exact) mass is 318 g/mol. The number of amides is 1. The summed E-state index contributed by atoms with van der Waals surface area (Å²) in [6, 6.07) is 2.33. The lowest BCUT2D eigenvalue weighted by Gasteiger charge is -2.12. The SMILES string of the molecule is CCCNC(=O)CCNC(C)c1sccc1Br. The third kappa shape index (κ3) is 5.19. The molecule has 0 spiro atoms. The Bertz CT molecular complexity index is 354. The Labute approximate surface area is 115 Å². The maximum Gasteiger partial charge on any atom is 0.221 e. The van der Waals surface area contributed by atoms with Gasteiger partial charge in [0.05, 0.1) is 0 Å². The van der Waals surface area contributed by atoms with E-state index in [1.165, 1.54) is 4.88 Å². The smallest absolute Gasteiger partial charge is 0.221 e. The van der Waals surface area contributed by atoms with Gasteiger partial charge in [-0.05, 0) is 40.7 Å². The molecule has 5 heteroatoms. The average molecular weight is 319 g/mol. The summed E-state index contributed by atoms with van der Waals surface area (Å²) in [6.45, 7) is 5.64. The number of hydrogen-bond acceptors (Lipinski definition) is 3. The van der Waals surface area contributed by atoms with Crippen LogP contribution in [0.15, 0.2) is 15.9 Å². The molecule has 0 bridgehead atoms. The Morgan fingerprint density at radius 1 is 1.53 bits per heavy atom. The van der Waals surface area contributed by atoms with Crippen LogP contribution in [0.5, 0.6) is 0 Å². The van der Waals surface area contributed by atoms with Crippen molar-refractivity contribution < 1.29 is 4.79 Å². The molecule has 96 valence electrons. The number of carbonyl (C=O) groups is 1. The number of hydrogen-bond donors (Lipinski definition) is 2. The van der Waals surface area contributed by atoms with Crippen LogP contribution in [0.2, 0.25) is 0 Å². The molecule has 17 heavy (non-hydrogen) atoms. The normalized spacial score (nSPS) is 12.4. The Hall–Kier alpha value is -0.390. The minimum atomic E-state index is 0.122. The molecule has 0 aliphatic carbocycles. The number of nitrogens with one attached hydrogen (secondary N) is 2. The summed E-state index contributed by atoms with van der Waals surface area (Å²) in [6.07, 6.45) is 1.52. The van der Waals surface area contributed by atoms with Crippen molar-refractivity contribution in [2.45, 2.75) is 32.7 Å². The van der Waals surface area contributed by atoms with Crippen molar-refractivity contribution in [2.24, 2.45) is 0 Å². The van der Waals surface area contributed by atoms with Crippen molar-refractivity contribution in [1.82, 2.24) is 10.6 Å². The van der Waals surface area contributed by atoms with Gasteiger partial charge in [-0.15, -0.1) is 11.3 Å². The van der Waals surface area contributed by atoms with Gasteiger partial charge in [0.2, 0.25) is 5.91 Å². The van der Waals surface area contributed by atoms with E-state index in [0.717, 1.165) is 17.4 Å². The van der Waals surface area contributed by atoms with E-state index < -0.39 is 0 Å². The molecule has 0 fully saturated rings. The first kappa shape index (κ1) is 14.7. The zero-order valence-corrected chi connectivity index (χ0v) is 12.7. The van der Waals surface area contributed by atoms with Gasteiger partial charge >= 0.3 is 0 Å². The highest BCUT2D eigenvalue weighted by Gasteiger charge is 2.10. The van der Waals surface area contributed by atoms with E-state index in [-0.39, 0.29) is 11.9 Å². The summed E-state index contributed by atoms with van der Waals surface area (Å²) in [7, 11) is 0. The summed E-state index contributed by atoms with van der Waals surface area (Å²) < 4.78 is 1.14. The topological polar surface area (TPSA) is 41.1 Å². The van der Waals surface area contributed by atoms with Crippen LogP contribution in [0.4, 0.5) is 0 Å².